The molecule has 1 aromatic heterocycles. The summed E-state index contributed by atoms with van der Waals surface area (Å²) in [6.07, 6.45) is 3.65. The Bertz CT molecular complexity index is 626. The van der Waals surface area contributed by atoms with Crippen molar-refractivity contribution in [3.05, 3.63) is 41.7 Å². The summed E-state index contributed by atoms with van der Waals surface area (Å²) in [5.41, 5.74) is 2.38. The van der Waals surface area contributed by atoms with Crippen molar-refractivity contribution in [3.8, 4) is 0 Å². The van der Waals surface area contributed by atoms with Gasteiger partial charge in [0.1, 0.15) is 5.82 Å². The fourth-order valence-electron chi connectivity index (χ4n) is 2.06. The number of aliphatic carboxylic acids is 1. The zero-order valence-electron chi connectivity index (χ0n) is 11.3. The van der Waals surface area contributed by atoms with Crippen molar-refractivity contribution in [2.75, 3.05) is 0 Å². The van der Waals surface area contributed by atoms with E-state index in [2.05, 4.69) is 16.5 Å². The van der Waals surface area contributed by atoms with Gasteiger partial charge < -0.3 is 9.67 Å². The van der Waals surface area contributed by atoms with E-state index in [0.29, 0.717) is 12.1 Å². The zero-order valence-corrected chi connectivity index (χ0v) is 11.3. The number of aryl methyl sites for hydroxylation is 1. The summed E-state index contributed by atoms with van der Waals surface area (Å²) in [5.74, 6) is 0.139. The Kier molecular flexibility index (Phi) is 4.00. The predicted octanol–water partition coefficient (Wildman–Crippen LogP) is 3.02. The molecule has 0 unspecified atom stereocenters. The zero-order chi connectivity index (χ0) is 13.8. The van der Waals surface area contributed by atoms with Crippen molar-refractivity contribution in [2.45, 2.75) is 33.2 Å². The molecule has 0 aliphatic carbocycles. The molecule has 100 valence electrons. The fraction of sp³-hybridized carbons (Fsp3) is 0.333. The Labute approximate surface area is 112 Å². The molecule has 2 aromatic rings. The summed E-state index contributed by atoms with van der Waals surface area (Å²) in [6.45, 7) is 4.27. The smallest absolute Gasteiger partial charge is 0.331 e. The fourth-order valence-corrected chi connectivity index (χ4v) is 2.06. The highest BCUT2D eigenvalue weighted by Gasteiger charge is 2.09. The Morgan fingerprint density at radius 1 is 1.42 bits per heavy atom. The highest BCUT2D eigenvalue weighted by atomic mass is 16.4. The van der Waals surface area contributed by atoms with Gasteiger partial charge in [-0.2, -0.15) is 0 Å². The van der Waals surface area contributed by atoms with E-state index >= 15 is 0 Å². The number of aromatic nitrogens is 2. The number of nitrogens with zero attached hydrogens (tertiary/aromatic N) is 2. The van der Waals surface area contributed by atoms with Crippen LogP contribution in [0.4, 0.5) is 0 Å². The maximum atomic E-state index is 10.8. The molecule has 0 aliphatic heterocycles. The first-order valence-corrected chi connectivity index (χ1v) is 6.47. The van der Waals surface area contributed by atoms with Crippen LogP contribution in [0.15, 0.2) is 35.9 Å². The Balaban J connectivity index is 2.41. The van der Waals surface area contributed by atoms with Crippen LogP contribution in [0.2, 0.25) is 0 Å². The maximum Gasteiger partial charge on any atom is 0.331 e. The minimum absolute atomic E-state index is 0.361. The number of para-hydroxylation sites is 2. The lowest BCUT2D eigenvalue weighted by Gasteiger charge is -2.06. The molecule has 19 heavy (non-hydrogen) atoms. The van der Waals surface area contributed by atoms with Crippen LogP contribution in [0, 0.1) is 0 Å². The second-order valence-corrected chi connectivity index (χ2v) is 4.57. The van der Waals surface area contributed by atoms with Gasteiger partial charge in [-0.3, -0.25) is 0 Å². The van der Waals surface area contributed by atoms with E-state index in [1.54, 1.807) is 13.0 Å². The van der Waals surface area contributed by atoms with Crippen LogP contribution in [0.3, 0.4) is 0 Å². The number of carbonyl (C=O) groups is 1. The standard InChI is InChI=1S/C15H18N2O2/c1-3-6-14-16-12-7-4-5-8-13(12)17(14)10-9-11(2)15(18)19/h4-5,7-9H,3,6,10H2,1-2H3,(H,18,19)/b11-9-. The van der Waals surface area contributed by atoms with Gasteiger partial charge in [-0.05, 0) is 25.5 Å². The predicted molar refractivity (Wildman–Crippen MR) is 75.1 cm³/mol. The van der Waals surface area contributed by atoms with Crippen LogP contribution in [-0.2, 0) is 17.8 Å². The third-order valence-corrected chi connectivity index (χ3v) is 3.12. The molecule has 0 bridgehead atoms. The van der Waals surface area contributed by atoms with Gasteiger partial charge in [0.2, 0.25) is 0 Å². The number of hydrogen-bond donors (Lipinski definition) is 1. The van der Waals surface area contributed by atoms with Crippen molar-refractivity contribution >= 4 is 17.0 Å². The lowest BCUT2D eigenvalue weighted by atomic mass is 10.2. The first-order valence-electron chi connectivity index (χ1n) is 6.47. The first kappa shape index (κ1) is 13.3. The molecule has 4 heteroatoms. The van der Waals surface area contributed by atoms with E-state index in [-0.39, 0.29) is 0 Å². The van der Waals surface area contributed by atoms with E-state index in [9.17, 15) is 4.79 Å². The monoisotopic (exact) mass is 258 g/mol. The van der Waals surface area contributed by atoms with Gasteiger partial charge in [-0.1, -0.05) is 25.1 Å². The van der Waals surface area contributed by atoms with Crippen LogP contribution in [0.5, 0.6) is 0 Å². The highest BCUT2D eigenvalue weighted by molar-refractivity contribution is 5.85. The lowest BCUT2D eigenvalue weighted by molar-refractivity contribution is -0.132. The molecular formula is C15H18N2O2. The van der Waals surface area contributed by atoms with E-state index < -0.39 is 5.97 Å². The molecule has 0 amide bonds. The van der Waals surface area contributed by atoms with Crippen LogP contribution >= 0.6 is 0 Å². The van der Waals surface area contributed by atoms with Crippen molar-refractivity contribution < 1.29 is 9.90 Å². The number of hydrogen-bond acceptors (Lipinski definition) is 2. The number of allylic oxidation sites excluding steroid dienone is 1. The highest BCUT2D eigenvalue weighted by Crippen LogP contribution is 2.17. The molecule has 0 fully saturated rings. The van der Waals surface area contributed by atoms with E-state index in [1.807, 2.05) is 24.3 Å². The molecule has 0 saturated heterocycles. The van der Waals surface area contributed by atoms with Crippen LogP contribution in [0.25, 0.3) is 11.0 Å². The van der Waals surface area contributed by atoms with E-state index in [4.69, 9.17) is 5.11 Å². The van der Waals surface area contributed by atoms with Crippen LogP contribution in [0.1, 0.15) is 26.1 Å². The molecular weight excluding hydrogens is 240 g/mol. The average Bonchev–Trinajstić information content (AvgIpc) is 2.74. The number of imidazole rings is 1. The van der Waals surface area contributed by atoms with Gasteiger partial charge in [0.25, 0.3) is 0 Å². The summed E-state index contributed by atoms with van der Waals surface area (Å²) < 4.78 is 2.09. The number of benzene rings is 1. The number of carboxylic acids is 1. The quantitative estimate of drug-likeness (QED) is 0.839. The maximum absolute atomic E-state index is 10.8. The third-order valence-electron chi connectivity index (χ3n) is 3.12. The second-order valence-electron chi connectivity index (χ2n) is 4.57. The summed E-state index contributed by atoms with van der Waals surface area (Å²) in [6, 6.07) is 7.95. The molecule has 0 spiro atoms. The molecule has 1 aromatic carbocycles. The molecule has 0 atom stereocenters. The number of carboxylic acid groups (broad SMARTS) is 1. The third kappa shape index (κ3) is 2.84. The number of rotatable bonds is 5. The van der Waals surface area contributed by atoms with Gasteiger partial charge in [0.05, 0.1) is 11.0 Å². The Hall–Kier alpha value is -2.10. The molecule has 0 aliphatic rings. The summed E-state index contributed by atoms with van der Waals surface area (Å²) in [4.78, 5) is 15.5. The summed E-state index contributed by atoms with van der Waals surface area (Å²) in [5, 5.41) is 8.90. The second kappa shape index (κ2) is 5.69. The number of fused-ring (bicyclic) bond motifs is 1. The van der Waals surface area contributed by atoms with Gasteiger partial charge in [0.15, 0.2) is 0 Å². The minimum Gasteiger partial charge on any atom is -0.478 e. The molecule has 0 radical (unpaired) electrons. The Morgan fingerprint density at radius 2 is 2.16 bits per heavy atom. The first-order chi connectivity index (χ1) is 9.13. The average molecular weight is 258 g/mol. The lowest BCUT2D eigenvalue weighted by Crippen LogP contribution is -2.04. The van der Waals surface area contributed by atoms with Crippen molar-refractivity contribution in [1.29, 1.82) is 0 Å². The van der Waals surface area contributed by atoms with Crippen molar-refractivity contribution in [2.24, 2.45) is 0 Å². The van der Waals surface area contributed by atoms with Crippen LogP contribution in [-0.4, -0.2) is 20.6 Å². The minimum atomic E-state index is -0.874. The largest absolute Gasteiger partial charge is 0.478 e. The van der Waals surface area contributed by atoms with Gasteiger partial charge >= 0.3 is 5.97 Å². The molecule has 4 nitrogen and oxygen atoms in total. The summed E-state index contributed by atoms with van der Waals surface area (Å²) >= 11 is 0. The molecule has 1 heterocycles. The van der Waals surface area contributed by atoms with E-state index in [0.717, 1.165) is 29.7 Å². The Morgan fingerprint density at radius 3 is 2.84 bits per heavy atom. The SMILES string of the molecule is CCCc1nc2ccccc2n1C/C=C(/C)C(=O)O. The van der Waals surface area contributed by atoms with Crippen LogP contribution < -0.4 is 0 Å². The van der Waals surface area contributed by atoms with Crippen molar-refractivity contribution in [1.82, 2.24) is 9.55 Å². The molecule has 0 saturated carbocycles. The van der Waals surface area contributed by atoms with E-state index in [1.165, 1.54) is 0 Å². The molecule has 2 rings (SSSR count). The van der Waals surface area contributed by atoms with Gasteiger partial charge in [-0.25, -0.2) is 9.78 Å². The molecule has 1 N–H and O–H groups in total. The topological polar surface area (TPSA) is 55.1 Å². The normalized spacial score (nSPS) is 12.0. The van der Waals surface area contributed by atoms with Gasteiger partial charge in [-0.15, -0.1) is 0 Å². The van der Waals surface area contributed by atoms with Gasteiger partial charge in [0, 0.05) is 18.5 Å². The van der Waals surface area contributed by atoms with Crippen molar-refractivity contribution in [3.63, 3.8) is 0 Å². The summed E-state index contributed by atoms with van der Waals surface area (Å²) in [7, 11) is 0.